The zero-order chi connectivity index (χ0) is 8.55. The third-order valence-corrected chi connectivity index (χ3v) is 1.60. The van der Waals surface area contributed by atoms with Crippen molar-refractivity contribution in [1.82, 2.24) is 19.3 Å². The van der Waals surface area contributed by atoms with Crippen molar-refractivity contribution < 1.29 is 4.84 Å². The van der Waals surface area contributed by atoms with Crippen LogP contribution in [0.1, 0.15) is 12.7 Å². The van der Waals surface area contributed by atoms with Crippen LogP contribution in [0.25, 0.3) is 5.65 Å². The largest absolute Gasteiger partial charge is 0.397 e. The van der Waals surface area contributed by atoms with E-state index in [2.05, 4.69) is 9.97 Å². The Morgan fingerprint density at radius 3 is 3.17 bits per heavy atom. The van der Waals surface area contributed by atoms with Crippen LogP contribution in [0.3, 0.4) is 0 Å². The highest BCUT2D eigenvalue weighted by Gasteiger charge is 2.05. The summed E-state index contributed by atoms with van der Waals surface area (Å²) in [4.78, 5) is 15.1. The molecule has 0 unspecified atom stereocenters. The topological polar surface area (TPSA) is 44.3 Å². The molecule has 2 heterocycles. The summed E-state index contributed by atoms with van der Waals surface area (Å²) in [6.07, 6.45) is 3.37. The molecule has 0 atom stereocenters. The molecule has 0 radical (unpaired) electrons. The molecule has 0 aliphatic carbocycles. The van der Waals surface area contributed by atoms with Crippen LogP contribution in [-0.2, 0) is 0 Å². The second-order valence-electron chi connectivity index (χ2n) is 2.45. The zero-order valence-corrected chi connectivity index (χ0v) is 7.06. The zero-order valence-electron chi connectivity index (χ0n) is 7.06. The van der Waals surface area contributed by atoms with Crippen molar-refractivity contribution in [2.75, 3.05) is 6.61 Å². The van der Waals surface area contributed by atoms with Crippen molar-refractivity contribution in [3.63, 3.8) is 0 Å². The van der Waals surface area contributed by atoms with E-state index in [4.69, 9.17) is 4.84 Å². The monoisotopic (exact) mass is 166 g/mol. The van der Waals surface area contributed by atoms with Crippen molar-refractivity contribution in [3.8, 4) is 0 Å². The number of rotatable bonds is 2. The summed E-state index contributed by atoms with van der Waals surface area (Å²) in [6.45, 7) is 4.44. The van der Waals surface area contributed by atoms with Gasteiger partial charge in [-0.1, -0.05) is 4.85 Å². The minimum Gasteiger partial charge on any atom is -0.397 e. The van der Waals surface area contributed by atoms with Crippen molar-refractivity contribution in [3.05, 3.63) is 18.3 Å². The first-order chi connectivity index (χ1) is 5.83. The molecule has 2 aromatic rings. The van der Waals surface area contributed by atoms with E-state index in [1.807, 2.05) is 13.8 Å². The Hall–Kier alpha value is -1.52. The Labute approximate surface area is 69.5 Å². The van der Waals surface area contributed by atoms with Crippen molar-refractivity contribution in [2.24, 2.45) is 0 Å². The van der Waals surface area contributed by atoms with Crippen molar-refractivity contribution >= 4 is 5.65 Å². The Morgan fingerprint density at radius 1 is 1.58 bits per heavy atom. The van der Waals surface area contributed by atoms with Gasteiger partial charge in [-0.25, -0.2) is 9.97 Å². The Bertz CT molecular complexity index is 389. The van der Waals surface area contributed by atoms with Gasteiger partial charge in [0.2, 0.25) is 0 Å². The molecule has 0 spiro atoms. The van der Waals surface area contributed by atoms with Crippen LogP contribution in [-0.4, -0.2) is 25.9 Å². The summed E-state index contributed by atoms with van der Waals surface area (Å²) in [5.41, 5.74) is 0.806. The first kappa shape index (κ1) is 7.15. The average Bonchev–Trinajstić information content (AvgIpc) is 2.56. The minimum atomic E-state index is 0.616. The van der Waals surface area contributed by atoms with E-state index in [9.17, 15) is 0 Å². The van der Waals surface area contributed by atoms with Crippen molar-refractivity contribution in [2.45, 2.75) is 13.8 Å². The first-order valence-electron chi connectivity index (χ1n) is 3.84. The lowest BCUT2D eigenvalue weighted by Crippen LogP contribution is -2.17. The minimum absolute atomic E-state index is 0.616. The van der Waals surface area contributed by atoms with Gasteiger partial charge in [0, 0.05) is 0 Å². The van der Waals surface area contributed by atoms with Crippen molar-refractivity contribution in [1.29, 1.82) is 0 Å². The molecule has 0 amide bonds. The van der Waals surface area contributed by atoms with Crippen LogP contribution in [0.4, 0.5) is 0 Å². The van der Waals surface area contributed by atoms with E-state index in [1.165, 1.54) is 0 Å². The fraction of sp³-hybridized carbons (Fsp3) is 0.429. The smallest absolute Gasteiger partial charge is 0.176 e. The molecule has 64 valence electrons. The van der Waals surface area contributed by atoms with Gasteiger partial charge >= 0.3 is 0 Å². The highest BCUT2D eigenvalue weighted by molar-refractivity contribution is 5.33. The summed E-state index contributed by atoms with van der Waals surface area (Å²) in [5, 5.41) is 0. The fourth-order valence-corrected chi connectivity index (χ4v) is 1.14. The van der Waals surface area contributed by atoms with E-state index in [-0.39, 0.29) is 0 Å². The summed E-state index contributed by atoms with van der Waals surface area (Å²) in [5.74, 6) is 0.828. The molecule has 0 aliphatic rings. The van der Waals surface area contributed by atoms with Crippen LogP contribution in [0.2, 0.25) is 0 Å². The van der Waals surface area contributed by atoms with Crippen LogP contribution in [0.15, 0.2) is 12.5 Å². The summed E-state index contributed by atoms with van der Waals surface area (Å²) >= 11 is 0. The third kappa shape index (κ3) is 0.861. The molecule has 5 heteroatoms. The maximum absolute atomic E-state index is 5.33. The average molecular weight is 166 g/mol. The quantitative estimate of drug-likeness (QED) is 0.644. The van der Waals surface area contributed by atoms with E-state index in [1.54, 1.807) is 21.9 Å². The van der Waals surface area contributed by atoms with Gasteiger partial charge in [0.05, 0.1) is 6.20 Å². The molecule has 0 bridgehead atoms. The van der Waals surface area contributed by atoms with Gasteiger partial charge in [0.15, 0.2) is 11.5 Å². The van der Waals surface area contributed by atoms with Crippen LogP contribution >= 0.6 is 0 Å². The highest BCUT2D eigenvalue weighted by Crippen LogP contribution is 2.01. The molecular weight excluding hydrogens is 156 g/mol. The van der Waals surface area contributed by atoms with E-state index >= 15 is 0 Å². The van der Waals surface area contributed by atoms with E-state index < -0.39 is 0 Å². The van der Waals surface area contributed by atoms with Gasteiger partial charge in [-0.05, 0) is 13.8 Å². The van der Waals surface area contributed by atoms with E-state index in [0.717, 1.165) is 11.5 Å². The standard InChI is InChI=1S/C7H10N4O/c1-3-12-11-6(2)9-7-4-8-5-10(7)11/h4-5H,3H2,1-2H3. The lowest BCUT2D eigenvalue weighted by molar-refractivity contribution is 0.0780. The molecule has 12 heavy (non-hydrogen) atoms. The van der Waals surface area contributed by atoms with Gasteiger partial charge in [0.25, 0.3) is 0 Å². The van der Waals surface area contributed by atoms with Gasteiger partial charge < -0.3 is 4.84 Å². The molecule has 0 fully saturated rings. The number of hydrogen-bond donors (Lipinski definition) is 0. The van der Waals surface area contributed by atoms with Crippen LogP contribution in [0, 0.1) is 6.92 Å². The SMILES string of the molecule is CCOn1c(C)nc2cncn21. The number of fused-ring (bicyclic) bond motifs is 1. The summed E-state index contributed by atoms with van der Waals surface area (Å²) < 4.78 is 1.76. The van der Waals surface area contributed by atoms with Gasteiger partial charge in [-0.2, -0.15) is 4.52 Å². The molecule has 0 N–H and O–H groups in total. The maximum Gasteiger partial charge on any atom is 0.176 e. The lowest BCUT2D eigenvalue weighted by Gasteiger charge is -2.04. The number of hydrogen-bond acceptors (Lipinski definition) is 3. The number of aromatic nitrogens is 4. The Kier molecular flexibility index (Phi) is 1.49. The normalized spacial score (nSPS) is 10.8. The Morgan fingerprint density at radius 2 is 2.42 bits per heavy atom. The predicted octanol–water partition coefficient (Wildman–Crippen LogP) is 0.288. The molecule has 0 saturated heterocycles. The first-order valence-corrected chi connectivity index (χ1v) is 3.84. The second kappa shape index (κ2) is 2.51. The number of aryl methyl sites for hydroxylation is 1. The Balaban J connectivity index is 2.59. The highest BCUT2D eigenvalue weighted by atomic mass is 16.7. The molecule has 0 saturated carbocycles. The van der Waals surface area contributed by atoms with Crippen LogP contribution in [0.5, 0.6) is 0 Å². The number of nitrogens with zero attached hydrogens (tertiary/aromatic N) is 4. The third-order valence-electron chi connectivity index (χ3n) is 1.60. The van der Waals surface area contributed by atoms with E-state index in [0.29, 0.717) is 6.61 Å². The molecule has 0 aliphatic heterocycles. The second-order valence-corrected chi connectivity index (χ2v) is 2.45. The predicted molar refractivity (Wildman–Crippen MR) is 42.8 cm³/mol. The summed E-state index contributed by atoms with van der Waals surface area (Å²) in [6, 6.07) is 0. The van der Waals surface area contributed by atoms with Gasteiger partial charge in [-0.3, -0.25) is 0 Å². The lowest BCUT2D eigenvalue weighted by atomic mass is 10.7. The van der Waals surface area contributed by atoms with Gasteiger partial charge in [0.1, 0.15) is 12.9 Å². The van der Waals surface area contributed by atoms with Crippen LogP contribution < -0.4 is 4.84 Å². The molecule has 2 rings (SSSR count). The molecule has 0 aromatic carbocycles. The molecular formula is C7H10N4O. The maximum atomic E-state index is 5.33. The molecule has 5 nitrogen and oxygen atoms in total. The number of imidazole rings is 1. The summed E-state index contributed by atoms with van der Waals surface area (Å²) in [7, 11) is 0. The van der Waals surface area contributed by atoms with Gasteiger partial charge in [-0.15, -0.1) is 0 Å². The fourth-order valence-electron chi connectivity index (χ4n) is 1.14. The molecule has 2 aromatic heterocycles.